The van der Waals surface area contributed by atoms with Crippen molar-refractivity contribution in [3.05, 3.63) is 88.2 Å². The fourth-order valence-electron chi connectivity index (χ4n) is 4.23. The molecule has 4 rings (SSSR count). The van der Waals surface area contributed by atoms with E-state index in [1.807, 2.05) is 49.4 Å². The van der Waals surface area contributed by atoms with Crippen LogP contribution in [0.3, 0.4) is 0 Å². The van der Waals surface area contributed by atoms with Crippen LogP contribution in [0, 0.1) is 0 Å². The topological polar surface area (TPSA) is 132 Å². The second kappa shape index (κ2) is 14.8. The molecule has 0 fully saturated rings. The molecule has 0 saturated carbocycles. The summed E-state index contributed by atoms with van der Waals surface area (Å²) in [6.07, 6.45) is 4.79. The van der Waals surface area contributed by atoms with Crippen molar-refractivity contribution in [3.8, 4) is 0 Å². The van der Waals surface area contributed by atoms with Gasteiger partial charge in [-0.3, -0.25) is 19.4 Å². The minimum absolute atomic E-state index is 0.0165. The smallest absolute Gasteiger partial charge is 0.303 e. The lowest BCUT2D eigenvalue weighted by molar-refractivity contribution is -0.143. The number of carboxylic acids is 2. The van der Waals surface area contributed by atoms with E-state index in [0.29, 0.717) is 18.7 Å². The molecule has 3 aromatic rings. The number of anilines is 2. The number of nitrogens with one attached hydrogen (secondary N) is 2. The lowest BCUT2D eigenvalue weighted by Gasteiger charge is -2.21. The number of hydrogen-bond acceptors (Lipinski definition) is 6. The second-order valence-corrected chi connectivity index (χ2v) is 9.31. The molecule has 2 heterocycles. The number of amides is 1. The second-order valence-electron chi connectivity index (χ2n) is 8.90. The molecule has 0 radical (unpaired) electrons. The molecule has 206 valence electrons. The van der Waals surface area contributed by atoms with Gasteiger partial charge in [0.05, 0.1) is 23.6 Å². The number of fused-ring (bicyclic) bond motifs is 1. The quantitative estimate of drug-likeness (QED) is 0.302. The van der Waals surface area contributed by atoms with Gasteiger partial charge in [0.1, 0.15) is 0 Å². The summed E-state index contributed by atoms with van der Waals surface area (Å²) in [5.41, 5.74) is 6.30. The fraction of sp³-hybridized carbons (Fsp3) is 0.310. The van der Waals surface area contributed by atoms with Crippen LogP contribution in [-0.2, 0) is 29.0 Å². The van der Waals surface area contributed by atoms with Gasteiger partial charge in [0.25, 0.3) is 5.91 Å². The summed E-state index contributed by atoms with van der Waals surface area (Å²) in [5.74, 6) is -2.17. The third-order valence-corrected chi connectivity index (χ3v) is 6.56. The molecule has 0 unspecified atom stereocenters. The van der Waals surface area contributed by atoms with E-state index in [4.69, 9.17) is 21.8 Å². The Labute approximate surface area is 232 Å². The maximum absolute atomic E-state index is 13.0. The predicted octanol–water partition coefficient (Wildman–Crippen LogP) is 4.64. The van der Waals surface area contributed by atoms with Crippen LogP contribution in [0.5, 0.6) is 0 Å². The first-order valence-corrected chi connectivity index (χ1v) is 13.2. The highest BCUT2D eigenvalue weighted by Crippen LogP contribution is 2.31. The summed E-state index contributed by atoms with van der Waals surface area (Å²) in [5, 5.41) is 23.5. The monoisotopic (exact) mass is 552 g/mol. The molecule has 2 aromatic carbocycles. The lowest BCUT2D eigenvalue weighted by Crippen LogP contribution is -2.30. The van der Waals surface area contributed by atoms with E-state index in [2.05, 4.69) is 21.7 Å². The average Bonchev–Trinajstić information content (AvgIpc) is 3.19. The van der Waals surface area contributed by atoms with Gasteiger partial charge in [-0.15, -0.1) is 0 Å². The number of halogens is 1. The van der Waals surface area contributed by atoms with Crippen molar-refractivity contribution in [2.45, 2.75) is 39.2 Å². The van der Waals surface area contributed by atoms with Crippen LogP contribution in [0.2, 0.25) is 5.02 Å². The van der Waals surface area contributed by atoms with Gasteiger partial charge in [0.2, 0.25) is 0 Å². The van der Waals surface area contributed by atoms with Crippen molar-refractivity contribution in [2.24, 2.45) is 0 Å². The van der Waals surface area contributed by atoms with Gasteiger partial charge in [-0.1, -0.05) is 29.8 Å². The Bertz CT molecular complexity index is 1250. The third kappa shape index (κ3) is 8.80. The number of aromatic nitrogens is 1. The number of carbonyl (C=O) groups excluding carboxylic acids is 1. The highest BCUT2D eigenvalue weighted by molar-refractivity contribution is 6.33. The number of rotatable bonds is 9. The number of carbonyl (C=O) groups is 3. The van der Waals surface area contributed by atoms with Crippen LogP contribution >= 0.6 is 11.6 Å². The summed E-state index contributed by atoms with van der Waals surface area (Å²) in [4.78, 5) is 38.0. The van der Waals surface area contributed by atoms with Crippen molar-refractivity contribution in [2.75, 3.05) is 29.9 Å². The van der Waals surface area contributed by atoms with Crippen LogP contribution in [0.1, 0.15) is 46.8 Å². The molecule has 9 nitrogen and oxygen atoms in total. The standard InChI is InChI=1S/C25H27ClN4O.C4H6O4/c1-2-30(21-10-14-28-15-11-21)25(31)20-5-3-18(4-6-20)17-29-24-22-12-16-27-13-9-19(22)7-8-23(24)26;5-3(6)1-2-4(7)8/h3-8,10-11,14-15,27,29H,2,9,12-13,16-17H2,1H3;1-2H2,(H,5,6)(H,7,8). The maximum atomic E-state index is 13.0. The minimum Gasteiger partial charge on any atom is -0.481 e. The molecule has 0 bridgehead atoms. The fourth-order valence-corrected chi connectivity index (χ4v) is 4.47. The van der Waals surface area contributed by atoms with Crippen LogP contribution in [0.15, 0.2) is 60.9 Å². The highest BCUT2D eigenvalue weighted by Gasteiger charge is 2.17. The van der Waals surface area contributed by atoms with Gasteiger partial charge in [0.15, 0.2) is 0 Å². The number of hydrogen-bond donors (Lipinski definition) is 4. The SMILES string of the molecule is CCN(C(=O)c1ccc(CNc2c(Cl)ccc3c2CCNCC3)cc1)c1ccncc1.O=C(O)CCC(=O)O. The van der Waals surface area contributed by atoms with E-state index < -0.39 is 11.9 Å². The molecule has 10 heteroatoms. The normalized spacial score (nSPS) is 12.3. The van der Waals surface area contributed by atoms with Gasteiger partial charge < -0.3 is 25.7 Å². The Morgan fingerprint density at radius 2 is 1.59 bits per heavy atom. The number of carboxylic acid groups (broad SMARTS) is 2. The van der Waals surface area contributed by atoms with Crippen LogP contribution < -0.4 is 15.5 Å². The molecule has 1 aliphatic heterocycles. The summed E-state index contributed by atoms with van der Waals surface area (Å²) in [7, 11) is 0. The van der Waals surface area contributed by atoms with Crippen LogP contribution in [0.25, 0.3) is 0 Å². The summed E-state index contributed by atoms with van der Waals surface area (Å²) < 4.78 is 0. The number of benzene rings is 2. The Hall–Kier alpha value is -3.95. The van der Waals surface area contributed by atoms with E-state index >= 15 is 0 Å². The maximum Gasteiger partial charge on any atom is 0.303 e. The molecule has 39 heavy (non-hydrogen) atoms. The van der Waals surface area contributed by atoms with Gasteiger partial charge >= 0.3 is 11.9 Å². The molecule has 0 spiro atoms. The largest absolute Gasteiger partial charge is 0.481 e. The molecule has 4 N–H and O–H groups in total. The molecular weight excluding hydrogens is 520 g/mol. The zero-order valence-electron chi connectivity index (χ0n) is 21.8. The van der Waals surface area contributed by atoms with Crippen molar-refractivity contribution >= 4 is 40.8 Å². The molecule has 1 aromatic heterocycles. The molecule has 0 atom stereocenters. The van der Waals surface area contributed by atoms with Crippen molar-refractivity contribution in [3.63, 3.8) is 0 Å². The van der Waals surface area contributed by atoms with E-state index in [1.54, 1.807) is 17.3 Å². The van der Waals surface area contributed by atoms with E-state index in [-0.39, 0.29) is 18.7 Å². The van der Waals surface area contributed by atoms with Crippen molar-refractivity contribution in [1.29, 1.82) is 0 Å². The molecule has 0 saturated heterocycles. The predicted molar refractivity (Wildman–Crippen MR) is 152 cm³/mol. The zero-order chi connectivity index (χ0) is 28.2. The molecule has 1 amide bonds. The summed E-state index contributed by atoms with van der Waals surface area (Å²) in [6.45, 7) is 5.18. The minimum atomic E-state index is -1.08. The zero-order valence-corrected chi connectivity index (χ0v) is 22.6. The Morgan fingerprint density at radius 1 is 0.949 bits per heavy atom. The van der Waals surface area contributed by atoms with Crippen molar-refractivity contribution < 1.29 is 24.6 Å². The van der Waals surface area contributed by atoms with Crippen molar-refractivity contribution in [1.82, 2.24) is 10.3 Å². The molecule has 0 aliphatic carbocycles. The average molecular weight is 553 g/mol. The summed E-state index contributed by atoms with van der Waals surface area (Å²) >= 11 is 6.52. The van der Waals surface area contributed by atoms with Gasteiger partial charge in [0, 0.05) is 36.7 Å². The number of pyridine rings is 1. The van der Waals surface area contributed by atoms with E-state index in [0.717, 1.165) is 47.9 Å². The summed E-state index contributed by atoms with van der Waals surface area (Å²) in [6, 6.07) is 15.6. The Balaban J connectivity index is 0.000000459. The van der Waals surface area contributed by atoms with Crippen LogP contribution in [-0.4, -0.2) is 52.7 Å². The lowest BCUT2D eigenvalue weighted by atomic mass is 10.0. The first kappa shape index (κ1) is 29.6. The Morgan fingerprint density at radius 3 is 2.21 bits per heavy atom. The van der Waals surface area contributed by atoms with Gasteiger partial charge in [-0.2, -0.15) is 0 Å². The number of aliphatic carboxylic acids is 2. The van der Waals surface area contributed by atoms with E-state index in [9.17, 15) is 14.4 Å². The highest BCUT2D eigenvalue weighted by atomic mass is 35.5. The molecular formula is C29H33ClN4O5. The van der Waals surface area contributed by atoms with Gasteiger partial charge in [-0.25, -0.2) is 0 Å². The Kier molecular flexibility index (Phi) is 11.3. The molecule has 1 aliphatic rings. The van der Waals surface area contributed by atoms with Crippen LogP contribution in [0.4, 0.5) is 11.4 Å². The first-order chi connectivity index (χ1) is 18.8. The van der Waals surface area contributed by atoms with E-state index in [1.165, 1.54) is 11.1 Å². The first-order valence-electron chi connectivity index (χ1n) is 12.8. The van der Waals surface area contributed by atoms with Gasteiger partial charge in [-0.05, 0) is 79.9 Å². The number of nitrogens with zero attached hydrogens (tertiary/aromatic N) is 2. The third-order valence-electron chi connectivity index (χ3n) is 6.24.